The fraction of sp³-hybridized carbons (Fsp3) is 0.520. The Balaban J connectivity index is 1.73. The molecule has 12 heteroatoms. The molecule has 0 aliphatic carbocycles. The second kappa shape index (κ2) is 12.2. The highest BCUT2D eigenvalue weighted by molar-refractivity contribution is 6.48. The number of hydrogen-bond acceptors (Lipinski definition) is 8. The molecule has 1 aromatic carbocycles. The zero-order valence-corrected chi connectivity index (χ0v) is 22.8. The zero-order chi connectivity index (χ0) is 27.2. The van der Waals surface area contributed by atoms with Gasteiger partial charge in [-0.1, -0.05) is 11.6 Å². The molecule has 0 spiro atoms. The van der Waals surface area contributed by atoms with E-state index in [0.717, 1.165) is 5.56 Å². The minimum Gasteiger partial charge on any atom is -0.493 e. The third kappa shape index (κ3) is 7.41. The van der Waals surface area contributed by atoms with Gasteiger partial charge in [-0.25, -0.2) is 4.98 Å². The molecule has 1 saturated heterocycles. The first-order valence-corrected chi connectivity index (χ1v) is 12.4. The maximum Gasteiger partial charge on any atom is 0.481 e. The number of nitrogens with zero attached hydrogens (tertiary/aromatic N) is 2. The lowest BCUT2D eigenvalue weighted by molar-refractivity contribution is -0.124. The standard InChI is InChI=1S/C25H34BClN4O6/c1-16-13-17(27)7-8-20(16)35-12-9-21(26-36-24(2,3)25(4,5)37-26)31-23(33)19(15-34-6)30-22(32)18-14-28-10-11-29-18/h7-8,10-11,13-14,19,21H,9,12,15H2,1-6H3,(H,30,32)(H,31,33)/t19?,21-/m0/s1. The number of ether oxygens (including phenoxy) is 2. The molecule has 37 heavy (non-hydrogen) atoms. The number of benzene rings is 1. The van der Waals surface area contributed by atoms with Crippen molar-refractivity contribution in [3.05, 3.63) is 53.1 Å². The number of amides is 2. The Morgan fingerprint density at radius 3 is 2.43 bits per heavy atom. The van der Waals surface area contributed by atoms with Crippen molar-refractivity contribution < 1.29 is 28.4 Å². The van der Waals surface area contributed by atoms with Gasteiger partial charge in [0.15, 0.2) is 0 Å². The monoisotopic (exact) mass is 532 g/mol. The van der Waals surface area contributed by atoms with Crippen LogP contribution in [0.5, 0.6) is 5.75 Å². The lowest BCUT2D eigenvalue weighted by Crippen LogP contribution is -2.56. The van der Waals surface area contributed by atoms with E-state index in [1.54, 1.807) is 12.1 Å². The first kappa shape index (κ1) is 28.8. The van der Waals surface area contributed by atoms with Gasteiger partial charge in [0.1, 0.15) is 17.5 Å². The highest BCUT2D eigenvalue weighted by atomic mass is 35.5. The van der Waals surface area contributed by atoms with Crippen LogP contribution in [0.1, 0.15) is 50.2 Å². The van der Waals surface area contributed by atoms with Crippen LogP contribution in [0.25, 0.3) is 0 Å². The van der Waals surface area contributed by atoms with Gasteiger partial charge in [0.2, 0.25) is 5.91 Å². The van der Waals surface area contributed by atoms with Gasteiger partial charge in [0, 0.05) is 30.9 Å². The molecule has 1 aromatic heterocycles. The summed E-state index contributed by atoms with van der Waals surface area (Å²) in [4.78, 5) is 33.8. The molecular formula is C25H34BClN4O6. The average molecular weight is 533 g/mol. The van der Waals surface area contributed by atoms with Gasteiger partial charge in [-0.05, 0) is 58.4 Å². The molecular weight excluding hydrogens is 499 g/mol. The van der Waals surface area contributed by atoms with E-state index < -0.39 is 42.1 Å². The first-order valence-electron chi connectivity index (χ1n) is 12.0. The molecule has 2 atom stereocenters. The summed E-state index contributed by atoms with van der Waals surface area (Å²) >= 11 is 6.05. The van der Waals surface area contributed by atoms with E-state index in [2.05, 4.69) is 20.6 Å². The molecule has 2 heterocycles. The van der Waals surface area contributed by atoms with Crippen molar-refractivity contribution in [1.82, 2.24) is 20.6 Å². The second-order valence-electron chi connectivity index (χ2n) is 9.86. The SMILES string of the molecule is COCC(NC(=O)c1cnccn1)C(=O)N[C@@H](CCOc1ccc(Cl)cc1C)B1OC(C)(C)C(C)(C)O1. The van der Waals surface area contributed by atoms with Gasteiger partial charge in [0.25, 0.3) is 5.91 Å². The van der Waals surface area contributed by atoms with Crippen LogP contribution < -0.4 is 15.4 Å². The molecule has 0 saturated carbocycles. The Hall–Kier alpha value is -2.73. The quantitative estimate of drug-likeness (QED) is 0.424. The van der Waals surface area contributed by atoms with E-state index in [1.165, 1.54) is 25.7 Å². The van der Waals surface area contributed by atoms with E-state index in [0.29, 0.717) is 17.2 Å². The molecule has 2 amide bonds. The number of carbonyl (C=O) groups is 2. The van der Waals surface area contributed by atoms with Gasteiger partial charge in [-0.2, -0.15) is 0 Å². The highest BCUT2D eigenvalue weighted by Crippen LogP contribution is 2.38. The van der Waals surface area contributed by atoms with E-state index in [9.17, 15) is 9.59 Å². The molecule has 1 unspecified atom stereocenters. The van der Waals surface area contributed by atoms with Crippen LogP contribution in [0.3, 0.4) is 0 Å². The van der Waals surface area contributed by atoms with Crippen LogP contribution in [0.4, 0.5) is 0 Å². The zero-order valence-electron chi connectivity index (χ0n) is 22.0. The Kier molecular flexibility index (Phi) is 9.52. The van der Waals surface area contributed by atoms with E-state index >= 15 is 0 Å². The minimum atomic E-state index is -0.983. The lowest BCUT2D eigenvalue weighted by Gasteiger charge is -2.32. The normalized spacial score (nSPS) is 17.6. The number of aryl methyl sites for hydroxylation is 1. The molecule has 0 bridgehead atoms. The Morgan fingerprint density at radius 2 is 1.84 bits per heavy atom. The van der Waals surface area contributed by atoms with Crippen molar-refractivity contribution in [3.63, 3.8) is 0 Å². The van der Waals surface area contributed by atoms with Crippen LogP contribution >= 0.6 is 11.6 Å². The molecule has 1 fully saturated rings. The number of hydrogen-bond donors (Lipinski definition) is 2. The van der Waals surface area contributed by atoms with E-state index in [4.69, 9.17) is 30.4 Å². The summed E-state index contributed by atoms with van der Waals surface area (Å²) in [6.07, 6.45) is 4.55. The summed E-state index contributed by atoms with van der Waals surface area (Å²) in [7, 11) is 0.714. The minimum absolute atomic E-state index is 0.0472. The number of methoxy groups -OCH3 is 1. The van der Waals surface area contributed by atoms with Gasteiger partial charge in [-0.15, -0.1) is 0 Å². The molecule has 10 nitrogen and oxygen atoms in total. The van der Waals surface area contributed by atoms with Crippen molar-refractivity contribution >= 4 is 30.5 Å². The molecule has 2 N–H and O–H groups in total. The van der Waals surface area contributed by atoms with Crippen LogP contribution in [0.15, 0.2) is 36.8 Å². The number of carbonyl (C=O) groups excluding carboxylic acids is 2. The smallest absolute Gasteiger partial charge is 0.481 e. The van der Waals surface area contributed by atoms with Crippen molar-refractivity contribution in [2.75, 3.05) is 20.3 Å². The summed E-state index contributed by atoms with van der Waals surface area (Å²) in [5, 5.41) is 6.24. The fourth-order valence-electron chi connectivity index (χ4n) is 3.68. The molecule has 0 radical (unpaired) electrons. The van der Waals surface area contributed by atoms with E-state index in [1.807, 2.05) is 40.7 Å². The molecule has 3 rings (SSSR count). The van der Waals surface area contributed by atoms with Crippen LogP contribution in [-0.4, -0.2) is 72.4 Å². The number of nitrogens with one attached hydrogen (secondary N) is 2. The van der Waals surface area contributed by atoms with Crippen molar-refractivity contribution in [1.29, 1.82) is 0 Å². The summed E-state index contributed by atoms with van der Waals surface area (Å²) in [6, 6.07) is 4.40. The van der Waals surface area contributed by atoms with E-state index in [-0.39, 0.29) is 18.9 Å². The first-order chi connectivity index (χ1) is 17.4. The summed E-state index contributed by atoms with van der Waals surface area (Å²) in [6.45, 7) is 9.89. The van der Waals surface area contributed by atoms with Crippen LogP contribution in [0, 0.1) is 6.92 Å². The van der Waals surface area contributed by atoms with Crippen LogP contribution in [0.2, 0.25) is 5.02 Å². The maximum absolute atomic E-state index is 13.3. The van der Waals surface area contributed by atoms with Gasteiger partial charge >= 0.3 is 7.12 Å². The van der Waals surface area contributed by atoms with Crippen molar-refractivity contribution in [2.24, 2.45) is 0 Å². The predicted octanol–water partition coefficient (Wildman–Crippen LogP) is 2.77. The maximum atomic E-state index is 13.3. The largest absolute Gasteiger partial charge is 0.493 e. The lowest BCUT2D eigenvalue weighted by atomic mass is 9.76. The Labute approximate surface area is 222 Å². The summed E-state index contributed by atoms with van der Waals surface area (Å²) < 4.78 is 23.6. The number of rotatable bonds is 11. The third-order valence-corrected chi connectivity index (χ3v) is 6.74. The van der Waals surface area contributed by atoms with Crippen molar-refractivity contribution in [2.45, 2.75) is 64.2 Å². The Morgan fingerprint density at radius 1 is 1.14 bits per heavy atom. The highest BCUT2D eigenvalue weighted by Gasteiger charge is 2.54. The van der Waals surface area contributed by atoms with Crippen molar-refractivity contribution in [3.8, 4) is 5.75 Å². The van der Waals surface area contributed by atoms with Gasteiger partial charge in [-0.3, -0.25) is 14.6 Å². The van der Waals surface area contributed by atoms with Crippen LogP contribution in [-0.2, 0) is 18.8 Å². The third-order valence-electron chi connectivity index (χ3n) is 6.50. The number of aromatic nitrogens is 2. The molecule has 1 aliphatic heterocycles. The van der Waals surface area contributed by atoms with Gasteiger partial charge in [0.05, 0.1) is 36.6 Å². The Bertz CT molecular complexity index is 1070. The fourth-order valence-corrected chi connectivity index (χ4v) is 3.91. The summed E-state index contributed by atoms with van der Waals surface area (Å²) in [5.74, 6) is -0.883. The average Bonchev–Trinajstić information content (AvgIpc) is 3.06. The molecule has 200 valence electrons. The summed E-state index contributed by atoms with van der Waals surface area (Å²) in [5.41, 5.74) is -0.206. The number of halogens is 1. The topological polar surface area (TPSA) is 121 Å². The molecule has 1 aliphatic rings. The second-order valence-corrected chi connectivity index (χ2v) is 10.3. The molecule has 2 aromatic rings. The predicted molar refractivity (Wildman–Crippen MR) is 139 cm³/mol. The van der Waals surface area contributed by atoms with Gasteiger partial charge < -0.3 is 29.4 Å².